The largest absolute Gasteiger partial charge is 0.299 e. The molecule has 1 aromatic rings. The number of hydrogen-bond acceptors (Lipinski definition) is 1. The summed E-state index contributed by atoms with van der Waals surface area (Å²) < 4.78 is 0. The van der Waals surface area contributed by atoms with Crippen LogP contribution in [-0.2, 0) is 4.79 Å². The SMILES string of the molecule is O=C1CCC=CC1c1ccccc1. The summed E-state index contributed by atoms with van der Waals surface area (Å²) in [4.78, 5) is 11.5. The van der Waals surface area contributed by atoms with E-state index in [1.165, 1.54) is 0 Å². The highest BCUT2D eigenvalue weighted by molar-refractivity contribution is 5.88. The van der Waals surface area contributed by atoms with Crippen LogP contribution >= 0.6 is 0 Å². The van der Waals surface area contributed by atoms with Crippen molar-refractivity contribution in [2.75, 3.05) is 0 Å². The number of hydrogen-bond donors (Lipinski definition) is 0. The summed E-state index contributed by atoms with van der Waals surface area (Å²) in [5.74, 6) is 0.351. The maximum atomic E-state index is 11.5. The standard InChI is InChI=1S/C12H12O/c13-12-9-5-4-8-11(12)10-6-2-1-3-7-10/h1-4,6-8,11H,5,9H2. The molecule has 0 aromatic heterocycles. The van der Waals surface area contributed by atoms with E-state index < -0.39 is 0 Å². The fourth-order valence-corrected chi connectivity index (χ4v) is 1.68. The van der Waals surface area contributed by atoms with Crippen LogP contribution in [0.3, 0.4) is 0 Å². The van der Waals surface area contributed by atoms with Gasteiger partial charge < -0.3 is 0 Å². The zero-order chi connectivity index (χ0) is 9.10. The Morgan fingerprint density at radius 1 is 1.15 bits per heavy atom. The van der Waals surface area contributed by atoms with E-state index in [0.717, 1.165) is 12.0 Å². The van der Waals surface area contributed by atoms with Crippen molar-refractivity contribution in [2.24, 2.45) is 0 Å². The van der Waals surface area contributed by atoms with Gasteiger partial charge in [0.05, 0.1) is 5.92 Å². The van der Waals surface area contributed by atoms with Gasteiger partial charge in [-0.1, -0.05) is 42.5 Å². The Labute approximate surface area is 78.1 Å². The number of Topliss-reactive ketones (excluding diaryl/α,β-unsaturated/α-hetero) is 1. The van der Waals surface area contributed by atoms with Crippen molar-refractivity contribution in [3.63, 3.8) is 0 Å². The normalized spacial score (nSPS) is 21.8. The van der Waals surface area contributed by atoms with E-state index >= 15 is 0 Å². The summed E-state index contributed by atoms with van der Waals surface area (Å²) in [6.07, 6.45) is 5.71. The van der Waals surface area contributed by atoms with Crippen molar-refractivity contribution in [1.82, 2.24) is 0 Å². The minimum Gasteiger partial charge on any atom is -0.299 e. The second-order valence-corrected chi connectivity index (χ2v) is 3.32. The summed E-state index contributed by atoms with van der Waals surface area (Å²) in [6.45, 7) is 0. The Kier molecular flexibility index (Phi) is 2.26. The zero-order valence-electron chi connectivity index (χ0n) is 7.44. The van der Waals surface area contributed by atoms with Gasteiger partial charge in [-0.2, -0.15) is 0 Å². The highest BCUT2D eigenvalue weighted by Crippen LogP contribution is 2.23. The molecular weight excluding hydrogens is 160 g/mol. The topological polar surface area (TPSA) is 17.1 Å². The molecule has 13 heavy (non-hydrogen) atoms. The maximum Gasteiger partial charge on any atom is 0.144 e. The molecule has 0 fully saturated rings. The maximum absolute atomic E-state index is 11.5. The van der Waals surface area contributed by atoms with Crippen molar-refractivity contribution >= 4 is 5.78 Å². The summed E-state index contributed by atoms with van der Waals surface area (Å²) in [6, 6.07) is 9.95. The van der Waals surface area contributed by atoms with Gasteiger partial charge in [0, 0.05) is 6.42 Å². The minimum absolute atomic E-state index is 0.00921. The molecule has 1 nitrogen and oxygen atoms in total. The highest BCUT2D eigenvalue weighted by Gasteiger charge is 2.18. The summed E-state index contributed by atoms with van der Waals surface area (Å²) in [5.41, 5.74) is 1.11. The molecule has 1 aliphatic carbocycles. The quantitative estimate of drug-likeness (QED) is 0.595. The summed E-state index contributed by atoms with van der Waals surface area (Å²) >= 11 is 0. The van der Waals surface area contributed by atoms with E-state index in [0.29, 0.717) is 12.2 Å². The number of ketones is 1. The molecule has 0 N–H and O–H groups in total. The van der Waals surface area contributed by atoms with Crippen molar-refractivity contribution in [3.8, 4) is 0 Å². The first-order valence-corrected chi connectivity index (χ1v) is 4.62. The lowest BCUT2D eigenvalue weighted by Crippen LogP contribution is -2.12. The molecule has 1 aliphatic rings. The third-order valence-electron chi connectivity index (χ3n) is 2.39. The lowest BCUT2D eigenvalue weighted by atomic mass is 9.88. The van der Waals surface area contributed by atoms with Crippen LogP contribution in [0.5, 0.6) is 0 Å². The van der Waals surface area contributed by atoms with Gasteiger partial charge in [-0.3, -0.25) is 4.79 Å². The van der Waals surface area contributed by atoms with Crippen LogP contribution in [0.4, 0.5) is 0 Å². The van der Waals surface area contributed by atoms with Crippen LogP contribution < -0.4 is 0 Å². The van der Waals surface area contributed by atoms with E-state index in [1.54, 1.807) is 0 Å². The molecule has 0 heterocycles. The number of carbonyl (C=O) groups is 1. The molecule has 66 valence electrons. The van der Waals surface area contributed by atoms with Gasteiger partial charge in [0.1, 0.15) is 5.78 Å². The first-order valence-electron chi connectivity index (χ1n) is 4.62. The number of carbonyl (C=O) groups excluding carboxylic acids is 1. The van der Waals surface area contributed by atoms with Crippen molar-refractivity contribution in [2.45, 2.75) is 18.8 Å². The molecule has 1 heteroatoms. The first kappa shape index (κ1) is 8.24. The molecule has 1 atom stereocenters. The van der Waals surface area contributed by atoms with Gasteiger partial charge >= 0.3 is 0 Å². The van der Waals surface area contributed by atoms with Gasteiger partial charge in [0.25, 0.3) is 0 Å². The van der Waals surface area contributed by atoms with Crippen LogP contribution in [0.25, 0.3) is 0 Å². The molecule has 0 spiro atoms. The lowest BCUT2D eigenvalue weighted by Gasteiger charge is -2.14. The average molecular weight is 172 g/mol. The zero-order valence-corrected chi connectivity index (χ0v) is 7.44. The van der Waals surface area contributed by atoms with Crippen LogP contribution in [0.2, 0.25) is 0 Å². The fourth-order valence-electron chi connectivity index (χ4n) is 1.68. The number of benzene rings is 1. The molecule has 1 aromatic carbocycles. The minimum atomic E-state index is 0.00921. The van der Waals surface area contributed by atoms with E-state index in [1.807, 2.05) is 36.4 Å². The summed E-state index contributed by atoms with van der Waals surface area (Å²) in [5, 5.41) is 0. The molecule has 1 unspecified atom stereocenters. The Bertz CT molecular complexity index is 324. The van der Waals surface area contributed by atoms with Gasteiger partial charge in [-0.05, 0) is 12.0 Å². The average Bonchev–Trinajstić information content (AvgIpc) is 2.20. The Morgan fingerprint density at radius 2 is 1.92 bits per heavy atom. The van der Waals surface area contributed by atoms with Crippen LogP contribution in [0.1, 0.15) is 24.3 Å². The Hall–Kier alpha value is -1.37. The fraction of sp³-hybridized carbons (Fsp3) is 0.250. The van der Waals surface area contributed by atoms with Crippen LogP contribution in [-0.4, -0.2) is 5.78 Å². The molecule has 0 bridgehead atoms. The van der Waals surface area contributed by atoms with Gasteiger partial charge in [0.2, 0.25) is 0 Å². The number of rotatable bonds is 1. The van der Waals surface area contributed by atoms with Crippen LogP contribution in [0, 0.1) is 0 Å². The Morgan fingerprint density at radius 3 is 2.62 bits per heavy atom. The van der Waals surface area contributed by atoms with Crippen LogP contribution in [0.15, 0.2) is 42.5 Å². The van der Waals surface area contributed by atoms with E-state index in [9.17, 15) is 4.79 Å². The van der Waals surface area contributed by atoms with E-state index in [2.05, 4.69) is 6.08 Å². The van der Waals surface area contributed by atoms with Crippen molar-refractivity contribution in [1.29, 1.82) is 0 Å². The van der Waals surface area contributed by atoms with E-state index in [-0.39, 0.29) is 5.92 Å². The molecule has 2 rings (SSSR count). The van der Waals surface area contributed by atoms with Gasteiger partial charge in [-0.15, -0.1) is 0 Å². The first-order chi connectivity index (χ1) is 6.38. The highest BCUT2D eigenvalue weighted by atomic mass is 16.1. The lowest BCUT2D eigenvalue weighted by molar-refractivity contribution is -0.119. The third kappa shape index (κ3) is 1.69. The second kappa shape index (κ2) is 3.56. The smallest absolute Gasteiger partial charge is 0.144 e. The van der Waals surface area contributed by atoms with E-state index in [4.69, 9.17) is 0 Å². The monoisotopic (exact) mass is 172 g/mol. The number of allylic oxidation sites excluding steroid dienone is 2. The van der Waals surface area contributed by atoms with Crippen molar-refractivity contribution in [3.05, 3.63) is 48.0 Å². The van der Waals surface area contributed by atoms with Crippen molar-refractivity contribution < 1.29 is 4.79 Å². The Balaban J connectivity index is 2.30. The predicted octanol–water partition coefficient (Wildman–Crippen LogP) is 2.69. The summed E-state index contributed by atoms with van der Waals surface area (Å²) in [7, 11) is 0. The van der Waals surface area contributed by atoms with Gasteiger partial charge in [0.15, 0.2) is 0 Å². The molecule has 0 saturated carbocycles. The van der Waals surface area contributed by atoms with Gasteiger partial charge in [-0.25, -0.2) is 0 Å². The predicted molar refractivity (Wildman–Crippen MR) is 52.6 cm³/mol. The second-order valence-electron chi connectivity index (χ2n) is 3.32. The molecule has 0 radical (unpaired) electrons. The molecule has 0 saturated heterocycles. The molecule has 0 aliphatic heterocycles. The third-order valence-corrected chi connectivity index (χ3v) is 2.39. The molecular formula is C12H12O. The molecule has 0 amide bonds.